The van der Waals surface area contributed by atoms with Crippen molar-refractivity contribution in [2.45, 2.75) is 39.8 Å². The Labute approximate surface area is 126 Å². The molecule has 2 rings (SSSR count). The summed E-state index contributed by atoms with van der Waals surface area (Å²) in [5, 5.41) is 12.9. The molecular formula is C17H25N3O. The van der Waals surface area contributed by atoms with E-state index in [4.69, 9.17) is 0 Å². The van der Waals surface area contributed by atoms with Crippen molar-refractivity contribution in [1.82, 2.24) is 14.9 Å². The molecule has 2 aromatic rings. The Morgan fingerprint density at radius 2 is 1.95 bits per heavy atom. The number of hydrogen-bond acceptors (Lipinski definition) is 3. The van der Waals surface area contributed by atoms with Crippen molar-refractivity contribution in [2.75, 3.05) is 6.61 Å². The first kappa shape index (κ1) is 15.7. The van der Waals surface area contributed by atoms with Crippen molar-refractivity contribution in [3.8, 4) is 5.69 Å². The van der Waals surface area contributed by atoms with Crippen LogP contribution in [-0.4, -0.2) is 27.3 Å². The number of aliphatic hydroxyl groups excluding tert-OH is 1. The zero-order valence-electron chi connectivity index (χ0n) is 13.1. The molecular weight excluding hydrogens is 262 g/mol. The summed E-state index contributed by atoms with van der Waals surface area (Å²) in [4.78, 5) is 4.42. The van der Waals surface area contributed by atoms with E-state index in [2.05, 4.69) is 40.8 Å². The first-order valence-corrected chi connectivity index (χ1v) is 7.54. The van der Waals surface area contributed by atoms with Gasteiger partial charge in [0.15, 0.2) is 0 Å². The standard InChI is InChI=1S/C17H25N3O/c1-13(2)9-15(12-21)19-11-17-10-18-14(3)20(17)16-7-5-4-6-8-16/h4-8,10,13,15,19,21H,9,11-12H2,1-3H3. The zero-order valence-corrected chi connectivity index (χ0v) is 13.1. The minimum atomic E-state index is 0.129. The molecule has 0 saturated carbocycles. The summed E-state index contributed by atoms with van der Waals surface area (Å²) in [6, 6.07) is 10.4. The van der Waals surface area contributed by atoms with Crippen LogP contribution in [0.2, 0.25) is 0 Å². The molecule has 0 radical (unpaired) electrons. The van der Waals surface area contributed by atoms with Gasteiger partial charge in [0.2, 0.25) is 0 Å². The monoisotopic (exact) mass is 287 g/mol. The Bertz CT molecular complexity index is 548. The third-order valence-electron chi connectivity index (χ3n) is 3.57. The molecule has 0 saturated heterocycles. The molecule has 4 heteroatoms. The van der Waals surface area contributed by atoms with Gasteiger partial charge in [-0.3, -0.25) is 4.57 Å². The van der Waals surface area contributed by atoms with Crippen molar-refractivity contribution in [2.24, 2.45) is 5.92 Å². The average Bonchev–Trinajstić information content (AvgIpc) is 2.85. The lowest BCUT2D eigenvalue weighted by Gasteiger charge is -2.19. The van der Waals surface area contributed by atoms with E-state index in [0.717, 1.165) is 23.6 Å². The van der Waals surface area contributed by atoms with Crippen molar-refractivity contribution < 1.29 is 5.11 Å². The SMILES string of the molecule is Cc1ncc(CNC(CO)CC(C)C)n1-c1ccccc1. The van der Waals surface area contributed by atoms with Gasteiger partial charge in [-0.15, -0.1) is 0 Å². The minimum Gasteiger partial charge on any atom is -0.395 e. The molecule has 1 aromatic carbocycles. The first-order valence-electron chi connectivity index (χ1n) is 7.54. The normalized spacial score (nSPS) is 12.8. The number of rotatable bonds is 7. The molecule has 0 aliphatic carbocycles. The molecule has 0 bridgehead atoms. The van der Waals surface area contributed by atoms with Crippen LogP contribution < -0.4 is 5.32 Å². The van der Waals surface area contributed by atoms with Crippen LogP contribution in [0.5, 0.6) is 0 Å². The number of benzene rings is 1. The van der Waals surface area contributed by atoms with E-state index in [1.54, 1.807) is 0 Å². The van der Waals surface area contributed by atoms with Crippen LogP contribution >= 0.6 is 0 Å². The number of nitrogens with one attached hydrogen (secondary N) is 1. The molecule has 0 spiro atoms. The number of hydrogen-bond donors (Lipinski definition) is 2. The van der Waals surface area contributed by atoms with Gasteiger partial charge in [0.1, 0.15) is 5.82 Å². The van der Waals surface area contributed by atoms with Crippen LogP contribution in [0.15, 0.2) is 36.5 Å². The van der Waals surface area contributed by atoms with Crippen LogP contribution in [0.25, 0.3) is 5.69 Å². The summed E-state index contributed by atoms with van der Waals surface area (Å²) < 4.78 is 2.15. The predicted octanol–water partition coefficient (Wildman–Crippen LogP) is 2.68. The van der Waals surface area contributed by atoms with Crippen LogP contribution in [0, 0.1) is 12.8 Å². The van der Waals surface area contributed by atoms with Crippen molar-refractivity contribution in [1.29, 1.82) is 0 Å². The lowest BCUT2D eigenvalue weighted by molar-refractivity contribution is 0.223. The number of para-hydroxylation sites is 1. The van der Waals surface area contributed by atoms with Crippen LogP contribution in [0.1, 0.15) is 31.8 Å². The lowest BCUT2D eigenvalue weighted by Crippen LogP contribution is -2.33. The van der Waals surface area contributed by atoms with Gasteiger partial charge < -0.3 is 10.4 Å². The maximum absolute atomic E-state index is 9.46. The second-order valence-electron chi connectivity index (χ2n) is 5.86. The molecule has 0 fully saturated rings. The summed E-state index contributed by atoms with van der Waals surface area (Å²) in [6.07, 6.45) is 2.87. The second kappa shape index (κ2) is 7.38. The van der Waals surface area contributed by atoms with Gasteiger partial charge in [0.25, 0.3) is 0 Å². The molecule has 1 unspecified atom stereocenters. The maximum Gasteiger partial charge on any atom is 0.110 e. The fraction of sp³-hybridized carbons (Fsp3) is 0.471. The van der Waals surface area contributed by atoms with Crippen LogP contribution in [-0.2, 0) is 6.54 Å². The summed E-state index contributed by atoms with van der Waals surface area (Å²) in [7, 11) is 0. The van der Waals surface area contributed by atoms with Crippen molar-refractivity contribution >= 4 is 0 Å². The van der Waals surface area contributed by atoms with Crippen molar-refractivity contribution in [3.63, 3.8) is 0 Å². The average molecular weight is 287 g/mol. The molecule has 1 atom stereocenters. The highest BCUT2D eigenvalue weighted by Crippen LogP contribution is 2.15. The second-order valence-corrected chi connectivity index (χ2v) is 5.86. The first-order chi connectivity index (χ1) is 10.1. The molecule has 0 aliphatic heterocycles. The Morgan fingerprint density at radius 3 is 2.57 bits per heavy atom. The van der Waals surface area contributed by atoms with E-state index >= 15 is 0 Å². The number of aryl methyl sites for hydroxylation is 1. The molecule has 2 N–H and O–H groups in total. The van der Waals surface area contributed by atoms with Gasteiger partial charge in [-0.25, -0.2) is 4.98 Å². The molecule has 114 valence electrons. The Balaban J connectivity index is 2.11. The van der Waals surface area contributed by atoms with Gasteiger partial charge >= 0.3 is 0 Å². The van der Waals surface area contributed by atoms with E-state index in [0.29, 0.717) is 12.5 Å². The van der Waals surface area contributed by atoms with Crippen LogP contribution in [0.3, 0.4) is 0 Å². The van der Waals surface area contributed by atoms with Gasteiger partial charge in [-0.05, 0) is 31.4 Å². The quantitative estimate of drug-likeness (QED) is 0.823. The molecule has 0 aliphatic rings. The third-order valence-corrected chi connectivity index (χ3v) is 3.57. The Morgan fingerprint density at radius 1 is 1.24 bits per heavy atom. The summed E-state index contributed by atoms with van der Waals surface area (Å²) in [5.74, 6) is 1.54. The van der Waals surface area contributed by atoms with Crippen LogP contribution in [0.4, 0.5) is 0 Å². The van der Waals surface area contributed by atoms with E-state index in [9.17, 15) is 5.11 Å². The van der Waals surface area contributed by atoms with Gasteiger partial charge in [0.05, 0.1) is 18.5 Å². The predicted molar refractivity (Wildman–Crippen MR) is 85.5 cm³/mol. The summed E-state index contributed by atoms with van der Waals surface area (Å²) in [6.45, 7) is 7.21. The number of nitrogens with zero attached hydrogens (tertiary/aromatic N) is 2. The van der Waals surface area contributed by atoms with Gasteiger partial charge in [0, 0.05) is 18.3 Å². The topological polar surface area (TPSA) is 50.1 Å². The summed E-state index contributed by atoms with van der Waals surface area (Å²) in [5.41, 5.74) is 2.23. The molecule has 1 heterocycles. The van der Waals surface area contributed by atoms with Gasteiger partial charge in [-0.2, -0.15) is 0 Å². The smallest absolute Gasteiger partial charge is 0.110 e. The summed E-state index contributed by atoms with van der Waals surface area (Å²) >= 11 is 0. The lowest BCUT2D eigenvalue weighted by atomic mass is 10.0. The highest BCUT2D eigenvalue weighted by atomic mass is 16.3. The van der Waals surface area contributed by atoms with E-state index in [1.807, 2.05) is 31.3 Å². The van der Waals surface area contributed by atoms with E-state index < -0.39 is 0 Å². The fourth-order valence-electron chi connectivity index (χ4n) is 2.59. The van der Waals surface area contributed by atoms with Crippen molar-refractivity contribution in [3.05, 3.63) is 48.0 Å². The number of aliphatic hydroxyl groups is 1. The molecule has 21 heavy (non-hydrogen) atoms. The third kappa shape index (κ3) is 4.16. The number of imidazole rings is 1. The Kier molecular flexibility index (Phi) is 5.53. The fourth-order valence-corrected chi connectivity index (χ4v) is 2.59. The van der Waals surface area contributed by atoms with E-state index in [1.165, 1.54) is 0 Å². The molecule has 4 nitrogen and oxygen atoms in total. The highest BCUT2D eigenvalue weighted by molar-refractivity contribution is 5.35. The maximum atomic E-state index is 9.46. The Hall–Kier alpha value is -1.65. The molecule has 1 aromatic heterocycles. The molecule has 0 amide bonds. The number of aromatic nitrogens is 2. The van der Waals surface area contributed by atoms with Gasteiger partial charge in [-0.1, -0.05) is 32.0 Å². The zero-order chi connectivity index (χ0) is 15.2. The van der Waals surface area contributed by atoms with E-state index in [-0.39, 0.29) is 12.6 Å². The largest absolute Gasteiger partial charge is 0.395 e. The minimum absolute atomic E-state index is 0.129. The highest BCUT2D eigenvalue weighted by Gasteiger charge is 2.12.